The third-order valence-corrected chi connectivity index (χ3v) is 4.79. The quantitative estimate of drug-likeness (QED) is 0.582. The molecule has 4 heterocycles. The maximum atomic E-state index is 2.43. The van der Waals surface area contributed by atoms with Crippen molar-refractivity contribution in [3.8, 4) is 0 Å². The molecule has 0 N–H and O–H groups in total. The highest BCUT2D eigenvalue weighted by Gasteiger charge is 2.69. The molecular weight excluding hydrogens is 196 g/mol. The molecule has 0 aromatic heterocycles. The van der Waals surface area contributed by atoms with Crippen molar-refractivity contribution in [3.63, 3.8) is 0 Å². The molecule has 2 heteroatoms. The lowest BCUT2D eigenvalue weighted by Crippen LogP contribution is -2.78. The van der Waals surface area contributed by atoms with Crippen molar-refractivity contribution >= 4 is 5.69 Å². The first kappa shape index (κ1) is 8.97. The second kappa shape index (κ2) is 2.41. The van der Waals surface area contributed by atoms with E-state index < -0.39 is 0 Å². The van der Waals surface area contributed by atoms with Crippen molar-refractivity contribution in [3.05, 3.63) is 41.7 Å². The summed E-state index contributed by atoms with van der Waals surface area (Å²) in [4.78, 5) is 0. The molecule has 4 aliphatic heterocycles. The monoisotopic (exact) mass is 214 g/mol. The van der Waals surface area contributed by atoms with Crippen LogP contribution >= 0.6 is 0 Å². The van der Waals surface area contributed by atoms with Crippen molar-refractivity contribution in [1.29, 1.82) is 0 Å². The van der Waals surface area contributed by atoms with E-state index in [9.17, 15) is 0 Å². The molecule has 5 rings (SSSR count). The van der Waals surface area contributed by atoms with Gasteiger partial charge in [0.1, 0.15) is 0 Å². The maximum Gasteiger partial charge on any atom is 0.239 e. The predicted octanol–water partition coefficient (Wildman–Crippen LogP) is 2.48. The van der Waals surface area contributed by atoms with Gasteiger partial charge in [-0.15, -0.1) is 0 Å². The van der Waals surface area contributed by atoms with Crippen LogP contribution in [0.4, 0.5) is 5.69 Å². The van der Waals surface area contributed by atoms with Gasteiger partial charge < -0.3 is 0 Å². The van der Waals surface area contributed by atoms with E-state index in [1.165, 1.54) is 25.1 Å². The lowest BCUT2D eigenvalue weighted by atomic mass is 9.92. The Bertz CT molecular complexity index is 519. The lowest BCUT2D eigenvalue weighted by Gasteiger charge is -2.54. The molecule has 3 unspecified atom stereocenters. The van der Waals surface area contributed by atoms with Crippen molar-refractivity contribution in [2.45, 2.75) is 25.9 Å². The number of rotatable bonds is 0. The molecule has 0 radical (unpaired) electrons. The minimum Gasteiger partial charge on any atom is -0.199 e. The van der Waals surface area contributed by atoms with Crippen LogP contribution in [0, 0.1) is 6.92 Å². The summed E-state index contributed by atoms with van der Waals surface area (Å²) in [5.74, 6) is 0. The third kappa shape index (κ3) is 0.793. The Kier molecular flexibility index (Phi) is 1.35. The number of nitrogens with zero attached hydrogens (tertiary/aromatic N) is 2. The van der Waals surface area contributed by atoms with Gasteiger partial charge in [0.25, 0.3) is 0 Å². The summed E-state index contributed by atoms with van der Waals surface area (Å²) in [7, 11) is 2.37. The van der Waals surface area contributed by atoms with Crippen LogP contribution in [0.15, 0.2) is 30.6 Å². The zero-order valence-electron chi connectivity index (χ0n) is 9.98. The normalized spacial score (nSPS) is 42.5. The first-order valence-electron chi connectivity index (χ1n) is 6.17. The molecular formula is C14H18N2+2. The van der Waals surface area contributed by atoms with Gasteiger partial charge in [0.05, 0.1) is 13.5 Å². The first-order chi connectivity index (χ1) is 7.64. The van der Waals surface area contributed by atoms with E-state index in [1.54, 1.807) is 11.3 Å². The van der Waals surface area contributed by atoms with Gasteiger partial charge in [-0.2, -0.15) is 8.97 Å². The second-order valence-corrected chi connectivity index (χ2v) is 5.87. The average Bonchev–Trinajstić information content (AvgIpc) is 2.73. The molecule has 0 aliphatic carbocycles. The van der Waals surface area contributed by atoms with E-state index in [2.05, 4.69) is 44.6 Å². The zero-order valence-corrected chi connectivity index (χ0v) is 9.98. The minimum atomic E-state index is 0.772. The summed E-state index contributed by atoms with van der Waals surface area (Å²) >= 11 is 0. The molecule has 1 fully saturated rings. The van der Waals surface area contributed by atoms with Gasteiger partial charge in [-0.1, -0.05) is 12.1 Å². The third-order valence-electron chi connectivity index (χ3n) is 4.79. The van der Waals surface area contributed by atoms with Gasteiger partial charge in [0.2, 0.25) is 12.8 Å². The molecule has 2 nitrogen and oxygen atoms in total. The standard InChI is InChI=1S/C14H18N2/c1-11-3-4-12-5-6-14-15(2)7-8-16(14,10-15)13(12)9-11/h3-4,7-9,14H,5-6,10H2,1-2H3/q+2. The summed E-state index contributed by atoms with van der Waals surface area (Å²) in [5.41, 5.74) is 4.54. The van der Waals surface area contributed by atoms with E-state index in [0.717, 1.165) is 15.1 Å². The fraction of sp³-hybridized carbons (Fsp3) is 0.429. The van der Waals surface area contributed by atoms with E-state index in [-0.39, 0.29) is 0 Å². The lowest BCUT2D eigenvalue weighted by molar-refractivity contribution is -0.945. The highest BCUT2D eigenvalue weighted by Crippen LogP contribution is 2.53. The summed E-state index contributed by atoms with van der Waals surface area (Å²) in [6.45, 7) is 3.44. The van der Waals surface area contributed by atoms with Crippen LogP contribution in [-0.2, 0) is 6.42 Å². The summed E-state index contributed by atoms with van der Waals surface area (Å²) in [5, 5.41) is 0. The molecule has 1 aromatic carbocycles. The molecule has 4 aliphatic rings. The number of hydrogen-bond acceptors (Lipinski definition) is 0. The Hall–Kier alpha value is -1.12. The minimum absolute atomic E-state index is 0.772. The Morgan fingerprint density at radius 2 is 2.12 bits per heavy atom. The largest absolute Gasteiger partial charge is 0.239 e. The van der Waals surface area contributed by atoms with Gasteiger partial charge in [0, 0.05) is 11.6 Å². The van der Waals surface area contributed by atoms with Crippen LogP contribution in [0.2, 0.25) is 0 Å². The van der Waals surface area contributed by atoms with E-state index in [1.807, 2.05) is 0 Å². The molecule has 1 aromatic rings. The number of benzene rings is 1. The van der Waals surface area contributed by atoms with Crippen molar-refractivity contribution in [1.82, 2.24) is 4.48 Å². The number of quaternary nitrogens is 2. The predicted molar refractivity (Wildman–Crippen MR) is 65.3 cm³/mol. The van der Waals surface area contributed by atoms with Gasteiger partial charge in [-0.05, 0) is 18.9 Å². The highest BCUT2D eigenvalue weighted by molar-refractivity contribution is 5.58. The van der Waals surface area contributed by atoms with Crippen LogP contribution in [0.5, 0.6) is 0 Å². The molecule has 0 saturated carbocycles. The van der Waals surface area contributed by atoms with E-state index >= 15 is 0 Å². The van der Waals surface area contributed by atoms with Gasteiger partial charge >= 0.3 is 0 Å². The van der Waals surface area contributed by atoms with Gasteiger partial charge in [-0.25, -0.2) is 0 Å². The summed E-state index contributed by atoms with van der Waals surface area (Å²) in [6.07, 6.45) is 8.20. The first-order valence-corrected chi connectivity index (χ1v) is 6.17. The van der Waals surface area contributed by atoms with Crippen molar-refractivity contribution in [2.75, 3.05) is 13.7 Å². The van der Waals surface area contributed by atoms with E-state index in [0.29, 0.717) is 0 Å². The highest BCUT2D eigenvalue weighted by atomic mass is 15.7. The average molecular weight is 214 g/mol. The topological polar surface area (TPSA) is 0 Å². The molecule has 0 amide bonds. The Morgan fingerprint density at radius 3 is 2.94 bits per heavy atom. The number of fused-ring (bicyclic) bond motifs is 1. The maximum absolute atomic E-state index is 2.43. The van der Waals surface area contributed by atoms with Crippen LogP contribution in [0.1, 0.15) is 17.5 Å². The molecule has 16 heavy (non-hydrogen) atoms. The van der Waals surface area contributed by atoms with Crippen molar-refractivity contribution in [2.24, 2.45) is 0 Å². The molecule has 2 bridgehead atoms. The smallest absolute Gasteiger partial charge is 0.199 e. The Labute approximate surface area is 96.6 Å². The van der Waals surface area contributed by atoms with E-state index in [4.69, 9.17) is 0 Å². The fourth-order valence-electron chi connectivity index (χ4n) is 4.03. The fourth-order valence-corrected chi connectivity index (χ4v) is 4.03. The zero-order chi connectivity index (χ0) is 11.0. The molecule has 3 atom stereocenters. The van der Waals surface area contributed by atoms with Crippen LogP contribution in [0.25, 0.3) is 0 Å². The number of hydrogen-bond donors (Lipinski definition) is 0. The number of aryl methyl sites for hydroxylation is 2. The van der Waals surface area contributed by atoms with Crippen molar-refractivity contribution < 1.29 is 4.48 Å². The van der Waals surface area contributed by atoms with Crippen LogP contribution in [-0.4, -0.2) is 24.4 Å². The Morgan fingerprint density at radius 1 is 1.25 bits per heavy atom. The second-order valence-electron chi connectivity index (χ2n) is 5.87. The van der Waals surface area contributed by atoms with Gasteiger partial charge in [0.15, 0.2) is 18.1 Å². The molecule has 1 saturated heterocycles. The van der Waals surface area contributed by atoms with Gasteiger partial charge in [-0.3, -0.25) is 0 Å². The molecule has 82 valence electrons. The Balaban J connectivity index is 1.94. The summed E-state index contributed by atoms with van der Waals surface area (Å²) in [6, 6.07) is 6.99. The van der Waals surface area contributed by atoms with Crippen LogP contribution in [0.3, 0.4) is 0 Å². The van der Waals surface area contributed by atoms with Crippen LogP contribution < -0.4 is 4.48 Å². The SMILES string of the molecule is Cc1ccc2c(c1)[N+]13C=C[N+](C)(C1)C3CC2. The summed E-state index contributed by atoms with van der Waals surface area (Å²) < 4.78 is 2.29. The molecule has 1 spiro atoms.